The molecule has 3 aromatic carbocycles. The van der Waals surface area contributed by atoms with Gasteiger partial charge in [-0.25, -0.2) is 0 Å². The third kappa shape index (κ3) is 3.02. The highest BCUT2D eigenvalue weighted by Crippen LogP contribution is 2.44. The van der Waals surface area contributed by atoms with Crippen molar-refractivity contribution in [3.63, 3.8) is 0 Å². The van der Waals surface area contributed by atoms with Crippen LogP contribution in [0.5, 0.6) is 5.75 Å². The van der Waals surface area contributed by atoms with Gasteiger partial charge in [0.15, 0.2) is 0 Å². The fraction of sp³-hybridized carbons (Fsp3) is 0.160. The SMILES string of the molecule is CN1CCc2c(-c3ccccc3)cc3c(c2C1)NC(=O)C3=Cc1ccccc1O. The largest absolute Gasteiger partial charge is 0.507 e. The van der Waals surface area contributed by atoms with Gasteiger partial charge < -0.3 is 15.3 Å². The van der Waals surface area contributed by atoms with Crippen molar-refractivity contribution in [1.29, 1.82) is 0 Å². The number of likely N-dealkylation sites (N-methyl/N-ethyl adjacent to an activating group) is 1. The van der Waals surface area contributed by atoms with Gasteiger partial charge in [-0.2, -0.15) is 0 Å². The summed E-state index contributed by atoms with van der Waals surface area (Å²) in [7, 11) is 2.11. The number of aromatic hydroxyl groups is 1. The van der Waals surface area contributed by atoms with Crippen molar-refractivity contribution in [3.8, 4) is 16.9 Å². The number of para-hydroxylation sites is 1. The molecule has 0 atom stereocenters. The average molecular weight is 382 g/mol. The molecule has 0 aromatic heterocycles. The number of benzene rings is 3. The molecule has 2 aliphatic rings. The lowest BCUT2D eigenvalue weighted by molar-refractivity contribution is -0.110. The molecule has 0 aliphatic carbocycles. The van der Waals surface area contributed by atoms with Crippen LogP contribution in [0.2, 0.25) is 0 Å². The van der Waals surface area contributed by atoms with Gasteiger partial charge in [-0.15, -0.1) is 0 Å². The zero-order valence-corrected chi connectivity index (χ0v) is 16.3. The lowest BCUT2D eigenvalue weighted by atomic mass is 9.86. The van der Waals surface area contributed by atoms with Gasteiger partial charge in [0.25, 0.3) is 5.91 Å². The van der Waals surface area contributed by atoms with Crippen molar-refractivity contribution in [2.75, 3.05) is 18.9 Å². The van der Waals surface area contributed by atoms with E-state index in [4.69, 9.17) is 0 Å². The Morgan fingerprint density at radius 1 is 1.00 bits per heavy atom. The second-order valence-electron chi connectivity index (χ2n) is 7.73. The molecule has 0 spiro atoms. The Morgan fingerprint density at radius 3 is 2.55 bits per heavy atom. The van der Waals surface area contributed by atoms with Crippen LogP contribution < -0.4 is 5.32 Å². The number of rotatable bonds is 2. The summed E-state index contributed by atoms with van der Waals surface area (Å²) in [6.07, 6.45) is 2.74. The maximum Gasteiger partial charge on any atom is 0.256 e. The fourth-order valence-electron chi connectivity index (χ4n) is 4.33. The summed E-state index contributed by atoms with van der Waals surface area (Å²) in [5.41, 5.74) is 7.92. The summed E-state index contributed by atoms with van der Waals surface area (Å²) in [6.45, 7) is 1.81. The maximum absolute atomic E-state index is 12.9. The number of anilines is 1. The van der Waals surface area contributed by atoms with E-state index in [2.05, 4.69) is 35.5 Å². The first-order valence-electron chi connectivity index (χ1n) is 9.86. The van der Waals surface area contributed by atoms with Crippen molar-refractivity contribution in [1.82, 2.24) is 4.90 Å². The number of phenols is 1. The van der Waals surface area contributed by atoms with Crippen molar-refractivity contribution in [2.24, 2.45) is 0 Å². The molecule has 0 fully saturated rings. The topological polar surface area (TPSA) is 52.6 Å². The first-order chi connectivity index (χ1) is 14.1. The van der Waals surface area contributed by atoms with Crippen molar-refractivity contribution in [2.45, 2.75) is 13.0 Å². The van der Waals surface area contributed by atoms with Crippen LogP contribution in [0, 0.1) is 0 Å². The molecule has 1 amide bonds. The van der Waals surface area contributed by atoms with E-state index in [0.717, 1.165) is 36.3 Å². The van der Waals surface area contributed by atoms with Crippen LogP contribution in [-0.4, -0.2) is 29.5 Å². The Kier molecular flexibility index (Phi) is 4.22. The summed E-state index contributed by atoms with van der Waals surface area (Å²) in [4.78, 5) is 15.2. The van der Waals surface area contributed by atoms with E-state index in [9.17, 15) is 9.90 Å². The third-order valence-corrected chi connectivity index (χ3v) is 5.82. The predicted molar refractivity (Wildman–Crippen MR) is 117 cm³/mol. The molecule has 0 saturated carbocycles. The van der Waals surface area contributed by atoms with Crippen LogP contribution in [-0.2, 0) is 17.8 Å². The van der Waals surface area contributed by atoms with E-state index in [1.165, 1.54) is 16.7 Å². The van der Waals surface area contributed by atoms with Crippen LogP contribution in [0.3, 0.4) is 0 Å². The monoisotopic (exact) mass is 382 g/mol. The fourth-order valence-corrected chi connectivity index (χ4v) is 4.33. The first-order valence-corrected chi connectivity index (χ1v) is 9.86. The molecule has 0 saturated heterocycles. The van der Waals surface area contributed by atoms with Gasteiger partial charge in [-0.1, -0.05) is 48.5 Å². The highest BCUT2D eigenvalue weighted by molar-refractivity contribution is 6.35. The molecular formula is C25H22N2O2. The lowest BCUT2D eigenvalue weighted by Crippen LogP contribution is -2.27. The van der Waals surface area contributed by atoms with Gasteiger partial charge >= 0.3 is 0 Å². The van der Waals surface area contributed by atoms with E-state index in [1.54, 1.807) is 18.2 Å². The summed E-state index contributed by atoms with van der Waals surface area (Å²) in [6, 6.07) is 19.6. The molecule has 2 heterocycles. The number of nitrogens with zero attached hydrogens (tertiary/aromatic N) is 1. The average Bonchev–Trinajstić information content (AvgIpc) is 3.05. The highest BCUT2D eigenvalue weighted by atomic mass is 16.3. The molecule has 4 nitrogen and oxygen atoms in total. The minimum Gasteiger partial charge on any atom is -0.507 e. The van der Waals surface area contributed by atoms with E-state index in [1.807, 2.05) is 30.3 Å². The standard InChI is InChI=1S/C25H22N2O2/c1-27-12-11-18-19(16-7-3-2-4-8-16)14-20-21(13-17-9-5-6-10-23(17)28)25(29)26-24(20)22(18)15-27/h2-10,13-14,28H,11-12,15H2,1H3,(H,26,29). The number of nitrogens with one attached hydrogen (secondary N) is 1. The molecule has 4 heteroatoms. The second kappa shape index (κ2) is 6.90. The third-order valence-electron chi connectivity index (χ3n) is 5.82. The van der Waals surface area contributed by atoms with E-state index in [0.29, 0.717) is 11.1 Å². The number of hydrogen-bond donors (Lipinski definition) is 2. The Labute approximate surface area is 170 Å². The number of amides is 1. The van der Waals surface area contributed by atoms with E-state index < -0.39 is 0 Å². The molecule has 0 radical (unpaired) electrons. The molecule has 2 aliphatic heterocycles. The zero-order valence-electron chi connectivity index (χ0n) is 16.3. The minimum atomic E-state index is -0.121. The molecule has 2 N–H and O–H groups in total. The normalized spacial score (nSPS) is 17.1. The first kappa shape index (κ1) is 17.7. The Hall–Kier alpha value is -3.37. The van der Waals surface area contributed by atoms with Gasteiger partial charge in [0.2, 0.25) is 0 Å². The molecule has 5 rings (SSSR count). The van der Waals surface area contributed by atoms with Gasteiger partial charge in [-0.05, 0) is 53.9 Å². The summed E-state index contributed by atoms with van der Waals surface area (Å²) >= 11 is 0. The van der Waals surface area contributed by atoms with Crippen LogP contribution in [0.15, 0.2) is 60.7 Å². The molecular weight excluding hydrogens is 360 g/mol. The van der Waals surface area contributed by atoms with Crippen molar-refractivity contribution < 1.29 is 9.90 Å². The molecule has 3 aromatic rings. The van der Waals surface area contributed by atoms with Gasteiger partial charge in [-0.3, -0.25) is 4.79 Å². The summed E-state index contributed by atoms with van der Waals surface area (Å²) in [5.74, 6) is 0.0473. The van der Waals surface area contributed by atoms with Crippen LogP contribution in [0.25, 0.3) is 22.8 Å². The maximum atomic E-state index is 12.9. The van der Waals surface area contributed by atoms with Crippen molar-refractivity contribution in [3.05, 3.63) is 82.9 Å². The number of hydrogen-bond acceptors (Lipinski definition) is 3. The number of carbonyl (C=O) groups excluding carboxylic acids is 1. The second-order valence-corrected chi connectivity index (χ2v) is 7.73. The number of phenolic OH excluding ortho intramolecular Hbond substituents is 1. The molecule has 0 unspecified atom stereocenters. The summed E-state index contributed by atoms with van der Waals surface area (Å²) in [5, 5.41) is 13.3. The minimum absolute atomic E-state index is 0.121. The van der Waals surface area contributed by atoms with Gasteiger partial charge in [0.1, 0.15) is 5.75 Å². The van der Waals surface area contributed by atoms with E-state index >= 15 is 0 Å². The molecule has 144 valence electrons. The van der Waals surface area contributed by atoms with Crippen molar-refractivity contribution >= 4 is 23.2 Å². The predicted octanol–water partition coefficient (Wildman–Crippen LogP) is 4.54. The quantitative estimate of drug-likeness (QED) is 0.640. The zero-order chi connectivity index (χ0) is 20.0. The Bertz CT molecular complexity index is 1150. The smallest absolute Gasteiger partial charge is 0.256 e. The van der Waals surface area contributed by atoms with Crippen LogP contribution in [0.4, 0.5) is 5.69 Å². The Balaban J connectivity index is 1.75. The van der Waals surface area contributed by atoms with E-state index in [-0.39, 0.29) is 11.7 Å². The lowest BCUT2D eigenvalue weighted by Gasteiger charge is -2.29. The van der Waals surface area contributed by atoms with Crippen LogP contribution >= 0.6 is 0 Å². The Morgan fingerprint density at radius 2 is 1.76 bits per heavy atom. The summed E-state index contributed by atoms with van der Waals surface area (Å²) < 4.78 is 0. The van der Waals surface area contributed by atoms with Gasteiger partial charge in [0.05, 0.1) is 5.69 Å². The highest BCUT2D eigenvalue weighted by Gasteiger charge is 2.31. The molecule has 0 bridgehead atoms. The van der Waals surface area contributed by atoms with Crippen LogP contribution in [0.1, 0.15) is 22.3 Å². The number of carbonyl (C=O) groups is 1. The molecule has 29 heavy (non-hydrogen) atoms. The van der Waals surface area contributed by atoms with Gasteiger partial charge in [0, 0.05) is 29.8 Å². The number of fused-ring (bicyclic) bond motifs is 3.